The minimum Gasteiger partial charge on any atom is -0.456 e. The molecule has 0 saturated carbocycles. The highest BCUT2D eigenvalue weighted by Crippen LogP contribution is 2.32. The van der Waals surface area contributed by atoms with Crippen molar-refractivity contribution >= 4 is 27.5 Å². The molecule has 0 radical (unpaired) electrons. The molecule has 0 aliphatic heterocycles. The van der Waals surface area contributed by atoms with Crippen LogP contribution in [0.1, 0.15) is 18.9 Å². The SMILES string of the molecule is CCC(N)Cc1ccc(Oc2cc(Br)ccc2Cl)cc1. The molecule has 0 amide bonds. The van der Waals surface area contributed by atoms with Gasteiger partial charge in [-0.25, -0.2) is 0 Å². The van der Waals surface area contributed by atoms with E-state index < -0.39 is 0 Å². The third-order valence-corrected chi connectivity index (χ3v) is 3.87. The summed E-state index contributed by atoms with van der Waals surface area (Å²) in [5.74, 6) is 1.40. The molecular formula is C16H17BrClNO. The average Bonchev–Trinajstić information content (AvgIpc) is 2.45. The van der Waals surface area contributed by atoms with Crippen molar-refractivity contribution in [3.8, 4) is 11.5 Å². The van der Waals surface area contributed by atoms with Gasteiger partial charge in [0.25, 0.3) is 0 Å². The summed E-state index contributed by atoms with van der Waals surface area (Å²) in [6.07, 6.45) is 1.86. The van der Waals surface area contributed by atoms with Gasteiger partial charge in [0, 0.05) is 10.5 Å². The first kappa shape index (κ1) is 15.4. The standard InChI is InChI=1S/C16H17BrClNO/c1-2-13(19)9-11-3-6-14(7-4-11)20-16-10-12(17)5-8-15(16)18/h3-8,10,13H,2,9,19H2,1H3. The molecule has 0 aromatic heterocycles. The lowest BCUT2D eigenvalue weighted by Gasteiger charge is -2.11. The second-order valence-corrected chi connectivity index (χ2v) is 6.02. The minimum atomic E-state index is 0.210. The molecule has 2 N–H and O–H groups in total. The second-order valence-electron chi connectivity index (χ2n) is 4.69. The lowest BCUT2D eigenvalue weighted by atomic mass is 10.0. The van der Waals surface area contributed by atoms with Gasteiger partial charge in [0.2, 0.25) is 0 Å². The Bertz CT molecular complexity index is 571. The van der Waals surface area contributed by atoms with E-state index in [1.807, 2.05) is 36.4 Å². The van der Waals surface area contributed by atoms with Crippen LogP contribution in [0.5, 0.6) is 11.5 Å². The van der Waals surface area contributed by atoms with Gasteiger partial charge in [0.05, 0.1) is 5.02 Å². The van der Waals surface area contributed by atoms with Crippen molar-refractivity contribution in [1.82, 2.24) is 0 Å². The molecule has 106 valence electrons. The van der Waals surface area contributed by atoms with Gasteiger partial charge in [-0.15, -0.1) is 0 Å². The van der Waals surface area contributed by atoms with Gasteiger partial charge in [0.1, 0.15) is 11.5 Å². The summed E-state index contributed by atoms with van der Waals surface area (Å²) in [6.45, 7) is 2.09. The Morgan fingerprint density at radius 3 is 2.55 bits per heavy atom. The number of halogens is 2. The molecule has 20 heavy (non-hydrogen) atoms. The summed E-state index contributed by atoms with van der Waals surface area (Å²) in [4.78, 5) is 0. The summed E-state index contributed by atoms with van der Waals surface area (Å²) in [5.41, 5.74) is 7.16. The quantitative estimate of drug-likeness (QED) is 0.803. The molecule has 0 fully saturated rings. The fourth-order valence-electron chi connectivity index (χ4n) is 1.82. The third-order valence-electron chi connectivity index (χ3n) is 3.07. The molecule has 0 saturated heterocycles. The van der Waals surface area contributed by atoms with Crippen LogP contribution in [0.3, 0.4) is 0 Å². The Labute approximate surface area is 133 Å². The fourth-order valence-corrected chi connectivity index (χ4v) is 2.32. The lowest BCUT2D eigenvalue weighted by molar-refractivity contribution is 0.482. The maximum atomic E-state index is 6.10. The number of hydrogen-bond acceptors (Lipinski definition) is 2. The first-order valence-corrected chi connectivity index (χ1v) is 7.73. The molecule has 0 aliphatic carbocycles. The summed E-state index contributed by atoms with van der Waals surface area (Å²) in [7, 11) is 0. The van der Waals surface area contributed by atoms with Crippen LogP contribution >= 0.6 is 27.5 Å². The van der Waals surface area contributed by atoms with Crippen molar-refractivity contribution in [2.24, 2.45) is 5.73 Å². The van der Waals surface area contributed by atoms with E-state index in [4.69, 9.17) is 22.1 Å². The van der Waals surface area contributed by atoms with Crippen molar-refractivity contribution < 1.29 is 4.74 Å². The topological polar surface area (TPSA) is 35.2 Å². The predicted molar refractivity (Wildman–Crippen MR) is 87.6 cm³/mol. The maximum absolute atomic E-state index is 6.10. The number of ether oxygens (including phenoxy) is 1. The Balaban J connectivity index is 2.09. The van der Waals surface area contributed by atoms with Gasteiger partial charge in [-0.1, -0.05) is 46.6 Å². The molecule has 1 atom stereocenters. The summed E-state index contributed by atoms with van der Waals surface area (Å²) in [6, 6.07) is 13.7. The Morgan fingerprint density at radius 1 is 1.20 bits per heavy atom. The molecule has 1 unspecified atom stereocenters. The molecule has 2 nitrogen and oxygen atoms in total. The van der Waals surface area contributed by atoms with Crippen molar-refractivity contribution in [2.75, 3.05) is 0 Å². The molecule has 0 aliphatic rings. The van der Waals surface area contributed by atoms with Crippen molar-refractivity contribution in [3.63, 3.8) is 0 Å². The van der Waals surface area contributed by atoms with Crippen molar-refractivity contribution in [1.29, 1.82) is 0 Å². The van der Waals surface area contributed by atoms with E-state index in [0.29, 0.717) is 10.8 Å². The zero-order valence-corrected chi connectivity index (χ0v) is 13.6. The van der Waals surface area contributed by atoms with Crippen molar-refractivity contribution in [3.05, 3.63) is 57.5 Å². The van der Waals surface area contributed by atoms with Crippen LogP contribution in [0.2, 0.25) is 5.02 Å². The van der Waals surface area contributed by atoms with Crippen LogP contribution in [0.25, 0.3) is 0 Å². The third kappa shape index (κ3) is 4.23. The summed E-state index contributed by atoms with van der Waals surface area (Å²) in [5, 5.41) is 0.588. The molecule has 4 heteroatoms. The van der Waals surface area contributed by atoms with Crippen molar-refractivity contribution in [2.45, 2.75) is 25.8 Å². The molecule has 0 heterocycles. The molecular weight excluding hydrogens is 338 g/mol. The molecule has 2 aromatic carbocycles. The van der Waals surface area contributed by atoms with E-state index >= 15 is 0 Å². The van der Waals surface area contributed by atoms with Gasteiger partial charge < -0.3 is 10.5 Å². The first-order chi connectivity index (χ1) is 9.58. The Hall–Kier alpha value is -1.03. The highest BCUT2D eigenvalue weighted by Gasteiger charge is 2.05. The monoisotopic (exact) mass is 353 g/mol. The van der Waals surface area contributed by atoms with Gasteiger partial charge in [-0.2, -0.15) is 0 Å². The highest BCUT2D eigenvalue weighted by atomic mass is 79.9. The van der Waals surface area contributed by atoms with E-state index in [-0.39, 0.29) is 6.04 Å². The Kier molecular flexibility index (Phi) is 5.46. The van der Waals surface area contributed by atoms with E-state index in [1.165, 1.54) is 5.56 Å². The van der Waals surface area contributed by atoms with E-state index in [9.17, 15) is 0 Å². The normalized spacial score (nSPS) is 12.2. The largest absolute Gasteiger partial charge is 0.456 e. The average molecular weight is 355 g/mol. The number of benzene rings is 2. The van der Waals surface area contributed by atoms with Crippen LogP contribution in [-0.2, 0) is 6.42 Å². The summed E-state index contributed by atoms with van der Waals surface area (Å²) >= 11 is 9.51. The van der Waals surface area contributed by atoms with E-state index in [2.05, 4.69) is 22.9 Å². The summed E-state index contributed by atoms with van der Waals surface area (Å²) < 4.78 is 6.72. The Morgan fingerprint density at radius 2 is 1.90 bits per heavy atom. The number of rotatable bonds is 5. The zero-order valence-electron chi connectivity index (χ0n) is 11.3. The van der Waals surface area contributed by atoms with Crippen LogP contribution in [0.4, 0.5) is 0 Å². The minimum absolute atomic E-state index is 0.210. The van der Waals surface area contributed by atoms with Crippen LogP contribution < -0.4 is 10.5 Å². The molecule has 0 spiro atoms. The van der Waals surface area contributed by atoms with Gasteiger partial charge in [-0.3, -0.25) is 0 Å². The highest BCUT2D eigenvalue weighted by molar-refractivity contribution is 9.10. The first-order valence-electron chi connectivity index (χ1n) is 6.56. The molecule has 2 aromatic rings. The smallest absolute Gasteiger partial charge is 0.147 e. The van der Waals surface area contributed by atoms with Crippen LogP contribution in [0.15, 0.2) is 46.9 Å². The van der Waals surface area contributed by atoms with Crippen LogP contribution in [-0.4, -0.2) is 6.04 Å². The van der Waals surface area contributed by atoms with Gasteiger partial charge in [0.15, 0.2) is 0 Å². The maximum Gasteiger partial charge on any atom is 0.147 e. The van der Waals surface area contributed by atoms with Gasteiger partial charge >= 0.3 is 0 Å². The zero-order chi connectivity index (χ0) is 14.5. The van der Waals surface area contributed by atoms with Crippen LogP contribution in [0, 0.1) is 0 Å². The van der Waals surface area contributed by atoms with E-state index in [0.717, 1.165) is 23.1 Å². The van der Waals surface area contributed by atoms with E-state index in [1.54, 1.807) is 6.07 Å². The predicted octanol–water partition coefficient (Wildman–Crippen LogP) is 5.17. The second kappa shape index (κ2) is 7.11. The number of nitrogens with two attached hydrogens (primary N) is 1. The molecule has 2 rings (SSSR count). The fraction of sp³-hybridized carbons (Fsp3) is 0.250. The van der Waals surface area contributed by atoms with Gasteiger partial charge in [-0.05, 0) is 48.7 Å². The molecule has 0 bridgehead atoms. The lowest BCUT2D eigenvalue weighted by Crippen LogP contribution is -2.21. The number of hydrogen-bond donors (Lipinski definition) is 1.